The van der Waals surface area contributed by atoms with Gasteiger partial charge in [0, 0.05) is 17.3 Å². The number of benzene rings is 2. The average Bonchev–Trinajstić information content (AvgIpc) is 2.51. The third-order valence-electron chi connectivity index (χ3n) is 4.00. The van der Waals surface area contributed by atoms with Crippen LogP contribution in [-0.4, -0.2) is 11.9 Å². The van der Waals surface area contributed by atoms with E-state index in [2.05, 4.69) is 19.2 Å². The molecule has 130 valence electrons. The maximum absolute atomic E-state index is 13.0. The molecule has 3 nitrogen and oxygen atoms in total. The lowest BCUT2D eigenvalue weighted by Gasteiger charge is -2.23. The lowest BCUT2D eigenvalue weighted by Crippen LogP contribution is -2.40. The Morgan fingerprint density at radius 3 is 2.38 bits per heavy atom. The first-order chi connectivity index (χ1) is 10.9. The predicted octanol–water partition coefficient (Wildman–Crippen LogP) is 4.14. The molecule has 2 aromatic rings. The first-order valence-electron chi connectivity index (χ1n) is 7.78. The van der Waals surface area contributed by atoms with E-state index < -0.39 is 0 Å². The van der Waals surface area contributed by atoms with Crippen molar-refractivity contribution in [1.82, 2.24) is 5.32 Å². The van der Waals surface area contributed by atoms with Gasteiger partial charge in [-0.25, -0.2) is 4.39 Å². The molecule has 3 N–H and O–H groups in total. The summed E-state index contributed by atoms with van der Waals surface area (Å²) in [4.78, 5) is 12.6. The van der Waals surface area contributed by atoms with Crippen molar-refractivity contribution in [3.05, 3.63) is 65.0 Å². The summed E-state index contributed by atoms with van der Waals surface area (Å²) in [5.41, 5.74) is 8.83. The quantitative estimate of drug-likeness (QED) is 0.796. The highest BCUT2D eigenvalue weighted by Gasteiger charge is 2.19. The van der Waals surface area contributed by atoms with Crippen LogP contribution in [-0.2, 0) is 6.42 Å². The molecule has 1 unspecified atom stereocenters. The zero-order valence-electron chi connectivity index (χ0n) is 14.2. The second-order valence-electron chi connectivity index (χ2n) is 6.23. The van der Waals surface area contributed by atoms with Crippen LogP contribution in [0, 0.1) is 18.7 Å². The van der Waals surface area contributed by atoms with E-state index in [9.17, 15) is 9.18 Å². The summed E-state index contributed by atoms with van der Waals surface area (Å²) < 4.78 is 13.0. The van der Waals surface area contributed by atoms with Crippen molar-refractivity contribution in [1.29, 1.82) is 0 Å². The average molecular weight is 351 g/mol. The lowest BCUT2D eigenvalue weighted by atomic mass is 9.95. The Bertz CT molecular complexity index is 686. The molecule has 1 amide bonds. The predicted molar refractivity (Wildman–Crippen MR) is 99.0 cm³/mol. The van der Waals surface area contributed by atoms with Crippen LogP contribution in [0.5, 0.6) is 0 Å². The number of anilines is 1. The van der Waals surface area contributed by atoms with E-state index in [4.69, 9.17) is 5.73 Å². The second kappa shape index (κ2) is 8.69. The standard InChI is InChI=1S/C19H23FN2O.ClH/c1-12(2)18(10-14-5-7-15(20)8-6-14)22-19(23)17-11-16(21)9-4-13(17)3;/h4-9,11-12,18H,10,21H2,1-3H3,(H,22,23);1H. The normalized spacial score (nSPS) is 11.7. The smallest absolute Gasteiger partial charge is 0.251 e. The summed E-state index contributed by atoms with van der Waals surface area (Å²) in [6, 6.07) is 11.7. The van der Waals surface area contributed by atoms with Crippen LogP contribution < -0.4 is 11.1 Å². The minimum absolute atomic E-state index is 0. The van der Waals surface area contributed by atoms with E-state index in [0.29, 0.717) is 17.7 Å². The Kier molecular flexibility index (Phi) is 7.23. The van der Waals surface area contributed by atoms with E-state index in [-0.39, 0.29) is 36.1 Å². The number of rotatable bonds is 5. The first kappa shape index (κ1) is 20.0. The zero-order valence-corrected chi connectivity index (χ0v) is 15.0. The zero-order chi connectivity index (χ0) is 17.0. The molecule has 0 aliphatic rings. The molecule has 24 heavy (non-hydrogen) atoms. The van der Waals surface area contributed by atoms with E-state index >= 15 is 0 Å². The summed E-state index contributed by atoms with van der Waals surface area (Å²) in [6.45, 7) is 6.00. The number of nitrogens with two attached hydrogens (primary N) is 1. The van der Waals surface area contributed by atoms with Crippen molar-refractivity contribution >= 4 is 24.0 Å². The van der Waals surface area contributed by atoms with Gasteiger partial charge < -0.3 is 11.1 Å². The molecule has 0 spiro atoms. The third-order valence-corrected chi connectivity index (χ3v) is 4.00. The van der Waals surface area contributed by atoms with Gasteiger partial charge in [-0.05, 0) is 54.7 Å². The Labute approximate surface area is 148 Å². The minimum Gasteiger partial charge on any atom is -0.399 e. The van der Waals surface area contributed by atoms with Crippen LogP contribution in [0.1, 0.15) is 35.3 Å². The maximum atomic E-state index is 13.0. The maximum Gasteiger partial charge on any atom is 0.251 e. The third kappa shape index (κ3) is 5.24. The molecule has 0 heterocycles. The number of amides is 1. The molecule has 5 heteroatoms. The number of carbonyl (C=O) groups excluding carboxylic acids is 1. The topological polar surface area (TPSA) is 55.1 Å². The van der Waals surface area contributed by atoms with Gasteiger partial charge in [0.2, 0.25) is 0 Å². The fraction of sp³-hybridized carbons (Fsp3) is 0.316. The Hall–Kier alpha value is -2.07. The summed E-state index contributed by atoms with van der Waals surface area (Å²) in [5, 5.41) is 3.08. The molecule has 0 radical (unpaired) electrons. The molecular formula is C19H24ClFN2O. The molecule has 0 saturated heterocycles. The molecule has 2 rings (SSSR count). The summed E-state index contributed by atoms with van der Waals surface area (Å²) in [6.07, 6.45) is 0.658. The van der Waals surface area contributed by atoms with Gasteiger partial charge in [-0.15, -0.1) is 12.4 Å². The number of hydrogen-bond donors (Lipinski definition) is 2. The van der Waals surface area contributed by atoms with E-state index in [1.54, 1.807) is 24.3 Å². The van der Waals surface area contributed by atoms with Crippen molar-refractivity contribution in [3.8, 4) is 0 Å². The van der Waals surface area contributed by atoms with Crippen LogP contribution in [0.15, 0.2) is 42.5 Å². The van der Waals surface area contributed by atoms with Crippen LogP contribution in [0.25, 0.3) is 0 Å². The second-order valence-corrected chi connectivity index (χ2v) is 6.23. The summed E-state index contributed by atoms with van der Waals surface area (Å²) in [7, 11) is 0. The monoisotopic (exact) mass is 350 g/mol. The number of aryl methyl sites for hydroxylation is 1. The van der Waals surface area contributed by atoms with Crippen LogP contribution in [0.4, 0.5) is 10.1 Å². The van der Waals surface area contributed by atoms with Gasteiger partial charge in [-0.2, -0.15) is 0 Å². The van der Waals surface area contributed by atoms with Crippen LogP contribution in [0.2, 0.25) is 0 Å². The molecule has 0 aliphatic carbocycles. The Morgan fingerprint density at radius 1 is 1.17 bits per heavy atom. The Balaban J connectivity index is 0.00000288. The van der Waals surface area contributed by atoms with Gasteiger partial charge in [0.05, 0.1) is 0 Å². The fourth-order valence-electron chi connectivity index (χ4n) is 2.46. The van der Waals surface area contributed by atoms with E-state index in [1.165, 1.54) is 12.1 Å². The lowest BCUT2D eigenvalue weighted by molar-refractivity contribution is 0.0925. The van der Waals surface area contributed by atoms with Crippen molar-refractivity contribution in [2.24, 2.45) is 5.92 Å². The Morgan fingerprint density at radius 2 is 1.79 bits per heavy atom. The van der Waals surface area contributed by atoms with Crippen molar-refractivity contribution in [3.63, 3.8) is 0 Å². The summed E-state index contributed by atoms with van der Waals surface area (Å²) >= 11 is 0. The molecule has 0 saturated carbocycles. The van der Waals surface area contributed by atoms with Gasteiger partial charge in [-0.3, -0.25) is 4.79 Å². The molecule has 0 fully saturated rings. The van der Waals surface area contributed by atoms with Crippen LogP contribution in [0.3, 0.4) is 0 Å². The van der Waals surface area contributed by atoms with Crippen molar-refractivity contribution in [2.45, 2.75) is 33.2 Å². The number of halogens is 2. The van der Waals surface area contributed by atoms with Crippen molar-refractivity contribution in [2.75, 3.05) is 5.73 Å². The fourth-order valence-corrected chi connectivity index (χ4v) is 2.46. The molecule has 2 aromatic carbocycles. The largest absolute Gasteiger partial charge is 0.399 e. The highest BCUT2D eigenvalue weighted by atomic mass is 35.5. The molecule has 1 atom stereocenters. The van der Waals surface area contributed by atoms with E-state index in [1.807, 2.05) is 13.0 Å². The van der Waals surface area contributed by atoms with Gasteiger partial charge in [0.15, 0.2) is 0 Å². The van der Waals surface area contributed by atoms with Gasteiger partial charge in [0.1, 0.15) is 5.82 Å². The van der Waals surface area contributed by atoms with Crippen molar-refractivity contribution < 1.29 is 9.18 Å². The van der Waals surface area contributed by atoms with E-state index in [0.717, 1.165) is 11.1 Å². The number of nitrogens with one attached hydrogen (secondary N) is 1. The molecule has 0 aromatic heterocycles. The van der Waals surface area contributed by atoms with Gasteiger partial charge in [-0.1, -0.05) is 32.0 Å². The highest BCUT2D eigenvalue weighted by molar-refractivity contribution is 5.96. The van der Waals surface area contributed by atoms with Gasteiger partial charge in [0.25, 0.3) is 5.91 Å². The molecular weight excluding hydrogens is 327 g/mol. The minimum atomic E-state index is -0.255. The highest BCUT2D eigenvalue weighted by Crippen LogP contribution is 2.15. The summed E-state index contributed by atoms with van der Waals surface area (Å²) in [5.74, 6) is -0.129. The molecule has 0 bridgehead atoms. The van der Waals surface area contributed by atoms with Gasteiger partial charge >= 0.3 is 0 Å². The first-order valence-corrected chi connectivity index (χ1v) is 7.78. The number of carbonyl (C=O) groups is 1. The van der Waals surface area contributed by atoms with Crippen LogP contribution >= 0.6 is 12.4 Å². The molecule has 0 aliphatic heterocycles. The number of nitrogen functional groups attached to an aromatic ring is 1. The number of hydrogen-bond acceptors (Lipinski definition) is 2. The SMILES string of the molecule is Cc1ccc(N)cc1C(=O)NC(Cc1ccc(F)cc1)C(C)C.Cl.